The Kier molecular flexibility index (Phi) is 3.94. The van der Waals surface area contributed by atoms with Crippen molar-refractivity contribution in [2.75, 3.05) is 6.26 Å². The largest absolute Gasteiger partial charge is 0.489 e. The highest BCUT2D eigenvalue weighted by atomic mass is 32.2. The molecule has 0 N–H and O–H groups in total. The first-order valence-corrected chi connectivity index (χ1v) is 8.41. The molecule has 3 aromatic rings. The Bertz CT molecular complexity index is 719. The molecular formula is C16H15NOS2. The van der Waals surface area contributed by atoms with Gasteiger partial charge in [-0.1, -0.05) is 12.1 Å². The summed E-state index contributed by atoms with van der Waals surface area (Å²) in [5, 5.41) is 1.09. The molecule has 20 heavy (non-hydrogen) atoms. The number of benzene rings is 2. The zero-order chi connectivity index (χ0) is 13.9. The Morgan fingerprint density at radius 3 is 2.70 bits per heavy atom. The molecule has 0 bridgehead atoms. The first-order chi connectivity index (χ1) is 9.74. The van der Waals surface area contributed by atoms with E-state index in [0.29, 0.717) is 6.61 Å². The Labute approximate surface area is 126 Å². The van der Waals surface area contributed by atoms with Crippen molar-refractivity contribution in [1.82, 2.24) is 4.98 Å². The van der Waals surface area contributed by atoms with E-state index in [4.69, 9.17) is 4.74 Å². The normalized spacial score (nSPS) is 10.9. The number of fused-ring (bicyclic) bond motifs is 1. The number of thiazole rings is 1. The van der Waals surface area contributed by atoms with Crippen molar-refractivity contribution in [3.63, 3.8) is 0 Å². The topological polar surface area (TPSA) is 22.1 Å². The van der Waals surface area contributed by atoms with Crippen LogP contribution in [0.1, 0.15) is 10.6 Å². The molecule has 0 aliphatic carbocycles. The molecule has 0 amide bonds. The third-order valence-corrected chi connectivity index (χ3v) is 4.71. The zero-order valence-corrected chi connectivity index (χ0v) is 13.1. The van der Waals surface area contributed by atoms with E-state index in [0.717, 1.165) is 16.3 Å². The van der Waals surface area contributed by atoms with Gasteiger partial charge in [-0.2, -0.15) is 0 Å². The molecule has 102 valence electrons. The monoisotopic (exact) mass is 301 g/mol. The Morgan fingerprint density at radius 1 is 1.15 bits per heavy atom. The van der Waals surface area contributed by atoms with Gasteiger partial charge in [-0.3, -0.25) is 0 Å². The first-order valence-electron chi connectivity index (χ1n) is 6.37. The Balaban J connectivity index is 1.72. The number of nitrogens with zero attached hydrogens (tertiary/aromatic N) is 1. The summed E-state index contributed by atoms with van der Waals surface area (Å²) < 4.78 is 7.03. The van der Waals surface area contributed by atoms with E-state index in [1.807, 2.05) is 19.1 Å². The van der Waals surface area contributed by atoms with Crippen molar-refractivity contribution >= 4 is 33.3 Å². The van der Waals surface area contributed by atoms with E-state index < -0.39 is 0 Å². The van der Waals surface area contributed by atoms with E-state index in [9.17, 15) is 0 Å². The lowest BCUT2D eigenvalue weighted by molar-refractivity contribution is 0.306. The first kappa shape index (κ1) is 13.5. The molecule has 0 fully saturated rings. The zero-order valence-electron chi connectivity index (χ0n) is 11.4. The van der Waals surface area contributed by atoms with Crippen LogP contribution in [0.4, 0.5) is 0 Å². The second-order valence-electron chi connectivity index (χ2n) is 4.50. The number of thioether (sulfide) groups is 1. The van der Waals surface area contributed by atoms with Crippen LogP contribution < -0.4 is 4.74 Å². The van der Waals surface area contributed by atoms with Crippen LogP contribution in [0, 0.1) is 6.92 Å². The summed E-state index contributed by atoms with van der Waals surface area (Å²) in [4.78, 5) is 5.73. The van der Waals surface area contributed by atoms with Crippen LogP contribution in [0.2, 0.25) is 0 Å². The number of hydrogen-bond acceptors (Lipinski definition) is 4. The predicted octanol–water partition coefficient (Wildman–Crippen LogP) is 4.91. The van der Waals surface area contributed by atoms with Gasteiger partial charge < -0.3 is 4.74 Å². The van der Waals surface area contributed by atoms with Crippen molar-refractivity contribution in [3.05, 3.63) is 53.0 Å². The fourth-order valence-electron chi connectivity index (χ4n) is 2.00. The number of aromatic nitrogens is 1. The van der Waals surface area contributed by atoms with Gasteiger partial charge in [0.1, 0.15) is 12.4 Å². The molecule has 0 radical (unpaired) electrons. The highest BCUT2D eigenvalue weighted by molar-refractivity contribution is 7.98. The van der Waals surface area contributed by atoms with Crippen LogP contribution >= 0.6 is 23.1 Å². The summed E-state index contributed by atoms with van der Waals surface area (Å²) in [5.41, 5.74) is 2.23. The molecule has 0 spiro atoms. The summed E-state index contributed by atoms with van der Waals surface area (Å²) in [5.74, 6) is 0.898. The number of hydrogen-bond donors (Lipinski definition) is 0. The molecule has 0 saturated carbocycles. The van der Waals surface area contributed by atoms with E-state index in [1.165, 1.54) is 15.2 Å². The molecule has 2 nitrogen and oxygen atoms in total. The number of aryl methyl sites for hydroxylation is 1. The summed E-state index contributed by atoms with van der Waals surface area (Å²) >= 11 is 3.45. The van der Waals surface area contributed by atoms with Gasteiger partial charge in [-0.25, -0.2) is 4.98 Å². The molecule has 0 aliphatic rings. The molecular weight excluding hydrogens is 286 g/mol. The average Bonchev–Trinajstić information content (AvgIpc) is 2.85. The van der Waals surface area contributed by atoms with Gasteiger partial charge in [-0.15, -0.1) is 23.1 Å². The van der Waals surface area contributed by atoms with Gasteiger partial charge in [0.15, 0.2) is 0 Å². The molecule has 0 unspecified atom stereocenters. The predicted molar refractivity (Wildman–Crippen MR) is 86.9 cm³/mol. The van der Waals surface area contributed by atoms with Crippen LogP contribution in [0.5, 0.6) is 5.75 Å². The Hall–Kier alpha value is -1.52. The van der Waals surface area contributed by atoms with Crippen LogP contribution in [-0.4, -0.2) is 11.2 Å². The van der Waals surface area contributed by atoms with Gasteiger partial charge in [0.25, 0.3) is 0 Å². The molecule has 1 aromatic heterocycles. The van der Waals surface area contributed by atoms with Gasteiger partial charge in [0.05, 0.1) is 15.2 Å². The van der Waals surface area contributed by atoms with E-state index in [-0.39, 0.29) is 0 Å². The molecule has 2 aromatic carbocycles. The lowest BCUT2D eigenvalue weighted by atomic mass is 10.2. The fourth-order valence-corrected chi connectivity index (χ4v) is 3.26. The molecule has 0 saturated heterocycles. The third-order valence-electron chi connectivity index (χ3n) is 3.03. The van der Waals surface area contributed by atoms with Gasteiger partial charge in [0.2, 0.25) is 0 Å². The van der Waals surface area contributed by atoms with Gasteiger partial charge >= 0.3 is 0 Å². The minimum atomic E-state index is 0.595. The van der Waals surface area contributed by atoms with Crippen LogP contribution in [0.25, 0.3) is 10.2 Å². The number of ether oxygens (including phenoxy) is 1. The minimum Gasteiger partial charge on any atom is -0.489 e. The van der Waals surface area contributed by atoms with Crippen molar-refractivity contribution in [2.45, 2.75) is 18.4 Å². The smallest absolute Gasteiger partial charge is 0.121 e. The van der Waals surface area contributed by atoms with Gasteiger partial charge in [-0.05, 0) is 49.1 Å². The molecule has 1 heterocycles. The summed E-state index contributed by atoms with van der Waals surface area (Å²) in [6.45, 7) is 2.62. The fraction of sp³-hybridized carbons (Fsp3) is 0.188. The Morgan fingerprint density at radius 2 is 1.95 bits per heavy atom. The molecule has 0 atom stereocenters. The van der Waals surface area contributed by atoms with Crippen molar-refractivity contribution in [3.8, 4) is 5.75 Å². The van der Waals surface area contributed by atoms with Crippen molar-refractivity contribution in [2.24, 2.45) is 0 Å². The lowest BCUT2D eigenvalue weighted by Crippen LogP contribution is -1.94. The number of rotatable bonds is 4. The maximum absolute atomic E-state index is 5.86. The van der Waals surface area contributed by atoms with Crippen molar-refractivity contribution < 1.29 is 4.74 Å². The van der Waals surface area contributed by atoms with Crippen LogP contribution in [0.3, 0.4) is 0 Å². The average molecular weight is 301 g/mol. The third kappa shape index (κ3) is 2.97. The van der Waals surface area contributed by atoms with Crippen LogP contribution in [0.15, 0.2) is 47.4 Å². The van der Waals surface area contributed by atoms with E-state index in [1.54, 1.807) is 23.1 Å². The van der Waals surface area contributed by atoms with Crippen molar-refractivity contribution in [1.29, 1.82) is 0 Å². The second-order valence-corrected chi connectivity index (χ2v) is 6.61. The molecule has 3 rings (SSSR count). The van der Waals surface area contributed by atoms with Crippen LogP contribution in [-0.2, 0) is 6.61 Å². The van der Waals surface area contributed by atoms with E-state index in [2.05, 4.69) is 41.6 Å². The molecule has 4 heteroatoms. The second kappa shape index (κ2) is 5.85. The SMILES string of the molecule is CSc1ccc(COc2ccc3nc(C)sc3c2)cc1. The lowest BCUT2D eigenvalue weighted by Gasteiger charge is -2.06. The standard InChI is InChI=1S/C16H15NOS2/c1-11-17-15-8-5-13(9-16(15)20-11)18-10-12-3-6-14(19-2)7-4-12/h3-9H,10H2,1-2H3. The maximum atomic E-state index is 5.86. The summed E-state index contributed by atoms with van der Waals surface area (Å²) in [6.07, 6.45) is 2.08. The maximum Gasteiger partial charge on any atom is 0.121 e. The highest BCUT2D eigenvalue weighted by Gasteiger charge is 2.03. The summed E-state index contributed by atoms with van der Waals surface area (Å²) in [7, 11) is 0. The quantitative estimate of drug-likeness (QED) is 0.639. The van der Waals surface area contributed by atoms with Gasteiger partial charge in [0, 0.05) is 4.90 Å². The molecule has 0 aliphatic heterocycles. The summed E-state index contributed by atoms with van der Waals surface area (Å²) in [6, 6.07) is 14.5. The highest BCUT2D eigenvalue weighted by Crippen LogP contribution is 2.26. The van der Waals surface area contributed by atoms with E-state index >= 15 is 0 Å². The minimum absolute atomic E-state index is 0.595.